The number of methoxy groups -OCH3 is 1. The van der Waals surface area contributed by atoms with Crippen molar-refractivity contribution < 1.29 is 9.53 Å². The quantitative estimate of drug-likeness (QED) is 0.772. The van der Waals surface area contributed by atoms with E-state index in [9.17, 15) is 4.79 Å². The van der Waals surface area contributed by atoms with Crippen molar-refractivity contribution in [2.45, 2.75) is 0 Å². The molecule has 0 saturated carbocycles. The van der Waals surface area contributed by atoms with Crippen LogP contribution in [0.2, 0.25) is 0 Å². The summed E-state index contributed by atoms with van der Waals surface area (Å²) in [7, 11) is 1.36. The molecule has 3 nitrogen and oxygen atoms in total. The number of nitrogens with zero attached hydrogens (tertiary/aromatic N) is 1. The molecule has 1 aromatic carbocycles. The van der Waals surface area contributed by atoms with Crippen LogP contribution in [-0.2, 0) is 4.74 Å². The summed E-state index contributed by atoms with van der Waals surface area (Å²) >= 11 is 0. The standard InChI is InChI=1S/C15H13NO2/c1-3-11-4-6-12(7-5-11)14-10-13(8-9-16-14)15(17)18-2/h3-10H,1H2,2H3. The Morgan fingerprint density at radius 2 is 2.00 bits per heavy atom. The number of aromatic nitrogens is 1. The van der Waals surface area contributed by atoms with Crippen LogP contribution in [0.1, 0.15) is 15.9 Å². The average Bonchev–Trinajstić information content (AvgIpc) is 2.46. The molecule has 0 fully saturated rings. The predicted octanol–water partition coefficient (Wildman–Crippen LogP) is 3.18. The summed E-state index contributed by atoms with van der Waals surface area (Å²) in [6.45, 7) is 3.70. The number of esters is 1. The zero-order valence-corrected chi connectivity index (χ0v) is 10.1. The van der Waals surface area contributed by atoms with Gasteiger partial charge in [0.2, 0.25) is 0 Å². The van der Waals surface area contributed by atoms with Crippen LogP contribution in [0.15, 0.2) is 49.2 Å². The Morgan fingerprint density at radius 1 is 1.28 bits per heavy atom. The van der Waals surface area contributed by atoms with Gasteiger partial charge in [0.15, 0.2) is 0 Å². The number of ether oxygens (including phenoxy) is 1. The van der Waals surface area contributed by atoms with E-state index in [0.717, 1.165) is 16.8 Å². The van der Waals surface area contributed by atoms with Gasteiger partial charge in [0.05, 0.1) is 18.4 Å². The zero-order valence-electron chi connectivity index (χ0n) is 10.1. The average molecular weight is 239 g/mol. The predicted molar refractivity (Wildman–Crippen MR) is 71.1 cm³/mol. The first-order chi connectivity index (χ1) is 8.74. The lowest BCUT2D eigenvalue weighted by Gasteiger charge is -2.04. The van der Waals surface area contributed by atoms with Crippen molar-refractivity contribution in [1.29, 1.82) is 0 Å². The van der Waals surface area contributed by atoms with Crippen LogP contribution < -0.4 is 0 Å². The Morgan fingerprint density at radius 3 is 2.61 bits per heavy atom. The van der Waals surface area contributed by atoms with Gasteiger partial charge in [-0.25, -0.2) is 4.79 Å². The summed E-state index contributed by atoms with van der Waals surface area (Å²) < 4.78 is 4.68. The Hall–Kier alpha value is -2.42. The van der Waals surface area contributed by atoms with Crippen molar-refractivity contribution in [3.63, 3.8) is 0 Å². The van der Waals surface area contributed by atoms with E-state index in [0.29, 0.717) is 5.56 Å². The van der Waals surface area contributed by atoms with Crippen LogP contribution in [0.3, 0.4) is 0 Å². The van der Waals surface area contributed by atoms with Crippen molar-refractivity contribution in [3.8, 4) is 11.3 Å². The minimum absolute atomic E-state index is 0.360. The van der Waals surface area contributed by atoms with Gasteiger partial charge < -0.3 is 4.74 Å². The molecular formula is C15H13NO2. The molecule has 0 amide bonds. The van der Waals surface area contributed by atoms with E-state index < -0.39 is 0 Å². The van der Waals surface area contributed by atoms with Gasteiger partial charge in [-0.05, 0) is 17.7 Å². The maximum Gasteiger partial charge on any atom is 0.337 e. The van der Waals surface area contributed by atoms with Gasteiger partial charge in [-0.2, -0.15) is 0 Å². The summed E-state index contributed by atoms with van der Waals surface area (Å²) in [6.07, 6.45) is 3.38. The lowest BCUT2D eigenvalue weighted by molar-refractivity contribution is 0.0600. The van der Waals surface area contributed by atoms with Gasteiger partial charge in [0, 0.05) is 11.8 Å². The normalized spacial score (nSPS) is 9.83. The fourth-order valence-electron chi connectivity index (χ4n) is 1.62. The fourth-order valence-corrected chi connectivity index (χ4v) is 1.62. The Kier molecular flexibility index (Phi) is 3.53. The Bertz CT molecular complexity index is 573. The van der Waals surface area contributed by atoms with E-state index in [-0.39, 0.29) is 5.97 Å². The molecular weight excluding hydrogens is 226 g/mol. The SMILES string of the molecule is C=Cc1ccc(-c2cc(C(=O)OC)ccn2)cc1. The third-order valence-corrected chi connectivity index (χ3v) is 2.62. The third-order valence-electron chi connectivity index (χ3n) is 2.62. The first-order valence-corrected chi connectivity index (χ1v) is 5.52. The first kappa shape index (κ1) is 12.0. The molecule has 2 aromatic rings. The molecule has 0 N–H and O–H groups in total. The summed E-state index contributed by atoms with van der Waals surface area (Å²) in [6, 6.07) is 11.1. The van der Waals surface area contributed by atoms with E-state index >= 15 is 0 Å². The van der Waals surface area contributed by atoms with E-state index in [1.165, 1.54) is 7.11 Å². The third kappa shape index (κ3) is 2.46. The molecule has 1 aromatic heterocycles. The minimum atomic E-state index is -0.360. The smallest absolute Gasteiger partial charge is 0.337 e. The molecule has 0 unspecified atom stereocenters. The first-order valence-electron chi connectivity index (χ1n) is 5.52. The van der Waals surface area contributed by atoms with Crippen LogP contribution in [0, 0.1) is 0 Å². The number of carbonyl (C=O) groups excluding carboxylic acids is 1. The highest BCUT2D eigenvalue weighted by Crippen LogP contribution is 2.19. The molecule has 0 aliphatic carbocycles. The maximum absolute atomic E-state index is 11.4. The second-order valence-corrected chi connectivity index (χ2v) is 3.75. The monoisotopic (exact) mass is 239 g/mol. The highest BCUT2D eigenvalue weighted by atomic mass is 16.5. The molecule has 90 valence electrons. The molecule has 1 heterocycles. The van der Waals surface area contributed by atoms with E-state index in [2.05, 4.69) is 16.3 Å². The molecule has 2 rings (SSSR count). The molecule has 0 spiro atoms. The Labute approximate surface area is 106 Å². The molecule has 0 aliphatic rings. The highest BCUT2D eigenvalue weighted by Gasteiger charge is 2.07. The number of pyridine rings is 1. The van der Waals surface area contributed by atoms with Gasteiger partial charge in [-0.1, -0.05) is 36.9 Å². The van der Waals surface area contributed by atoms with Crippen molar-refractivity contribution in [2.24, 2.45) is 0 Å². The van der Waals surface area contributed by atoms with Gasteiger partial charge in [0.25, 0.3) is 0 Å². The van der Waals surface area contributed by atoms with E-state index in [4.69, 9.17) is 0 Å². The number of benzene rings is 1. The molecule has 0 atom stereocenters. The molecule has 0 bridgehead atoms. The van der Waals surface area contributed by atoms with E-state index in [1.807, 2.05) is 24.3 Å². The summed E-state index contributed by atoms with van der Waals surface area (Å²) in [5.41, 5.74) is 3.23. The lowest BCUT2D eigenvalue weighted by Crippen LogP contribution is -2.01. The number of hydrogen-bond acceptors (Lipinski definition) is 3. The number of rotatable bonds is 3. The van der Waals surface area contributed by atoms with Crippen LogP contribution in [0.4, 0.5) is 0 Å². The van der Waals surface area contributed by atoms with Crippen LogP contribution in [-0.4, -0.2) is 18.1 Å². The van der Waals surface area contributed by atoms with Gasteiger partial charge in [-0.15, -0.1) is 0 Å². The summed E-state index contributed by atoms with van der Waals surface area (Å²) in [4.78, 5) is 15.7. The molecule has 0 aliphatic heterocycles. The van der Waals surface area contributed by atoms with Gasteiger partial charge in [0.1, 0.15) is 0 Å². The van der Waals surface area contributed by atoms with Crippen LogP contribution >= 0.6 is 0 Å². The minimum Gasteiger partial charge on any atom is -0.465 e. The van der Waals surface area contributed by atoms with E-state index in [1.54, 1.807) is 24.4 Å². The van der Waals surface area contributed by atoms with Crippen molar-refractivity contribution >= 4 is 12.0 Å². The zero-order chi connectivity index (χ0) is 13.0. The fraction of sp³-hybridized carbons (Fsp3) is 0.0667. The number of carbonyl (C=O) groups is 1. The number of hydrogen-bond donors (Lipinski definition) is 0. The topological polar surface area (TPSA) is 39.2 Å². The molecule has 3 heteroatoms. The van der Waals surface area contributed by atoms with Gasteiger partial charge in [-0.3, -0.25) is 4.98 Å². The lowest BCUT2D eigenvalue weighted by atomic mass is 10.1. The molecule has 0 radical (unpaired) electrons. The summed E-state index contributed by atoms with van der Waals surface area (Å²) in [5.74, 6) is -0.360. The second kappa shape index (κ2) is 5.27. The van der Waals surface area contributed by atoms with Crippen molar-refractivity contribution in [2.75, 3.05) is 7.11 Å². The van der Waals surface area contributed by atoms with Crippen LogP contribution in [0.5, 0.6) is 0 Å². The van der Waals surface area contributed by atoms with Gasteiger partial charge >= 0.3 is 5.97 Å². The summed E-state index contributed by atoms with van der Waals surface area (Å²) in [5, 5.41) is 0. The maximum atomic E-state index is 11.4. The largest absolute Gasteiger partial charge is 0.465 e. The molecule has 18 heavy (non-hydrogen) atoms. The van der Waals surface area contributed by atoms with Crippen molar-refractivity contribution in [1.82, 2.24) is 4.98 Å². The second-order valence-electron chi connectivity index (χ2n) is 3.75. The Balaban J connectivity index is 2.37. The van der Waals surface area contributed by atoms with Crippen LogP contribution in [0.25, 0.3) is 17.3 Å². The molecule has 0 saturated heterocycles. The highest BCUT2D eigenvalue weighted by molar-refractivity contribution is 5.90. The van der Waals surface area contributed by atoms with Crippen molar-refractivity contribution in [3.05, 3.63) is 60.3 Å².